The number of fused-ring (bicyclic) bond motifs is 1. The van der Waals surface area contributed by atoms with Gasteiger partial charge in [0, 0.05) is 10.6 Å². The number of rotatable bonds is 2. The van der Waals surface area contributed by atoms with Crippen LogP contribution in [0.1, 0.15) is 13.3 Å². The first-order chi connectivity index (χ1) is 7.33. The minimum Gasteiger partial charge on any atom is -0.457 e. The van der Waals surface area contributed by atoms with Crippen molar-refractivity contribution in [2.75, 3.05) is 0 Å². The largest absolute Gasteiger partial charge is 0.457 e. The van der Waals surface area contributed by atoms with E-state index in [1.165, 1.54) is 0 Å². The summed E-state index contributed by atoms with van der Waals surface area (Å²) in [7, 11) is 0. The lowest BCUT2D eigenvalue weighted by molar-refractivity contribution is 0.577. The van der Waals surface area contributed by atoms with Crippen LogP contribution in [0.3, 0.4) is 0 Å². The van der Waals surface area contributed by atoms with Gasteiger partial charge in [0.15, 0.2) is 0 Å². The van der Waals surface area contributed by atoms with Crippen LogP contribution < -0.4 is 10.6 Å². The Kier molecular flexibility index (Phi) is 2.72. The van der Waals surface area contributed by atoms with Crippen LogP contribution in [0, 0.1) is 0 Å². The van der Waals surface area contributed by atoms with Gasteiger partial charge in [-0.1, -0.05) is 49.9 Å². The Morgan fingerprint density at radius 2 is 2.13 bits per heavy atom. The topological polar surface area (TPSA) is 13.1 Å². The van der Waals surface area contributed by atoms with Crippen LogP contribution in [0.15, 0.2) is 40.8 Å². The Balaban J connectivity index is 2.69. The highest BCUT2D eigenvalue weighted by molar-refractivity contribution is 5.79. The lowest BCUT2D eigenvalue weighted by Gasteiger charge is -1.83. The molecule has 1 heteroatoms. The average Bonchev–Trinajstić information content (AvgIpc) is 2.56. The number of furan rings is 1. The SMILES string of the molecule is C=c1oc2ccccc2/c1=C/C=C\CC. The van der Waals surface area contributed by atoms with Gasteiger partial charge in [-0.2, -0.15) is 0 Å². The Hall–Kier alpha value is -1.76. The van der Waals surface area contributed by atoms with Crippen LogP contribution in [-0.2, 0) is 0 Å². The molecular formula is C14H14O. The zero-order valence-corrected chi connectivity index (χ0v) is 8.86. The molecule has 1 aromatic heterocycles. The zero-order valence-electron chi connectivity index (χ0n) is 8.86. The molecule has 0 aliphatic rings. The van der Waals surface area contributed by atoms with Crippen LogP contribution in [0.5, 0.6) is 0 Å². The maximum atomic E-state index is 5.55. The van der Waals surface area contributed by atoms with Gasteiger partial charge < -0.3 is 4.42 Å². The molecule has 0 unspecified atom stereocenters. The first kappa shape index (κ1) is 9.78. The monoisotopic (exact) mass is 198 g/mol. The van der Waals surface area contributed by atoms with Crippen LogP contribution in [0.4, 0.5) is 0 Å². The molecule has 0 bridgehead atoms. The summed E-state index contributed by atoms with van der Waals surface area (Å²) in [6, 6.07) is 8.00. The van der Waals surface area contributed by atoms with Gasteiger partial charge in [0.1, 0.15) is 11.0 Å². The van der Waals surface area contributed by atoms with Gasteiger partial charge in [-0.25, -0.2) is 0 Å². The van der Waals surface area contributed by atoms with E-state index < -0.39 is 0 Å². The highest BCUT2D eigenvalue weighted by Crippen LogP contribution is 2.06. The third-order valence-corrected chi connectivity index (χ3v) is 2.35. The van der Waals surface area contributed by atoms with Crippen molar-refractivity contribution in [2.24, 2.45) is 0 Å². The lowest BCUT2D eigenvalue weighted by Crippen LogP contribution is -2.17. The van der Waals surface area contributed by atoms with Crippen LogP contribution in [0.2, 0.25) is 0 Å². The molecule has 0 fully saturated rings. The molecule has 1 heterocycles. The summed E-state index contributed by atoms with van der Waals surface area (Å²) in [6.07, 6.45) is 7.25. The highest BCUT2D eigenvalue weighted by atomic mass is 16.3. The van der Waals surface area contributed by atoms with Gasteiger partial charge >= 0.3 is 0 Å². The number of benzene rings is 1. The Morgan fingerprint density at radius 1 is 1.33 bits per heavy atom. The van der Waals surface area contributed by atoms with E-state index >= 15 is 0 Å². The smallest absolute Gasteiger partial charge is 0.135 e. The van der Waals surface area contributed by atoms with Crippen molar-refractivity contribution in [3.05, 3.63) is 47.1 Å². The second-order valence-corrected chi connectivity index (χ2v) is 3.44. The molecule has 0 saturated heterocycles. The molecule has 15 heavy (non-hydrogen) atoms. The second kappa shape index (κ2) is 4.18. The van der Waals surface area contributed by atoms with E-state index in [-0.39, 0.29) is 0 Å². The van der Waals surface area contributed by atoms with E-state index in [0.717, 1.165) is 28.0 Å². The Labute approximate surface area is 89.0 Å². The normalized spacial score (nSPS) is 13.0. The number of hydrogen-bond acceptors (Lipinski definition) is 1. The number of hydrogen-bond donors (Lipinski definition) is 0. The Bertz CT molecular complexity index is 587. The van der Waals surface area contributed by atoms with Gasteiger partial charge in [0.2, 0.25) is 0 Å². The predicted octanol–water partition coefficient (Wildman–Crippen LogP) is 2.59. The van der Waals surface area contributed by atoms with Crippen molar-refractivity contribution in [2.45, 2.75) is 13.3 Å². The summed E-state index contributed by atoms with van der Waals surface area (Å²) < 4.78 is 5.55. The van der Waals surface area contributed by atoms with E-state index in [0.29, 0.717) is 0 Å². The third kappa shape index (κ3) is 1.86. The molecular weight excluding hydrogens is 184 g/mol. The maximum Gasteiger partial charge on any atom is 0.135 e. The molecule has 1 nitrogen and oxygen atoms in total. The van der Waals surface area contributed by atoms with Crippen LogP contribution in [-0.4, -0.2) is 0 Å². The standard InChI is InChI=1S/C14H14O/c1-3-4-5-8-12-11(2)15-14-10-7-6-9-13(12)14/h4-10H,2-3H2,1H3/b5-4-,12-8+. The zero-order chi connectivity index (χ0) is 10.7. The van der Waals surface area contributed by atoms with Gasteiger partial charge in [0.05, 0.1) is 0 Å². The number of allylic oxidation sites excluding steroid dienone is 2. The van der Waals surface area contributed by atoms with Gasteiger partial charge in [0.25, 0.3) is 0 Å². The first-order valence-corrected chi connectivity index (χ1v) is 5.16. The minimum atomic E-state index is 0.733. The maximum absolute atomic E-state index is 5.55. The quantitative estimate of drug-likeness (QED) is 0.723. The fraction of sp³-hybridized carbons (Fsp3) is 0.143. The molecule has 0 saturated carbocycles. The average molecular weight is 198 g/mol. The molecule has 0 amide bonds. The van der Waals surface area contributed by atoms with Crippen molar-refractivity contribution in [1.29, 1.82) is 0 Å². The van der Waals surface area contributed by atoms with E-state index in [1.807, 2.05) is 24.3 Å². The van der Waals surface area contributed by atoms with Crippen LogP contribution >= 0.6 is 0 Å². The fourth-order valence-electron chi connectivity index (χ4n) is 1.60. The van der Waals surface area contributed by atoms with Crippen molar-refractivity contribution >= 4 is 23.6 Å². The van der Waals surface area contributed by atoms with E-state index in [1.54, 1.807) is 0 Å². The van der Waals surface area contributed by atoms with Crippen LogP contribution in [0.25, 0.3) is 23.6 Å². The molecule has 0 aliphatic heterocycles. The molecule has 0 spiro atoms. The van der Waals surface area contributed by atoms with Crippen molar-refractivity contribution in [3.8, 4) is 0 Å². The summed E-state index contributed by atoms with van der Waals surface area (Å²) >= 11 is 0. The minimum absolute atomic E-state index is 0.733. The summed E-state index contributed by atoms with van der Waals surface area (Å²) in [6.45, 7) is 6.02. The lowest BCUT2D eigenvalue weighted by atomic mass is 10.2. The van der Waals surface area contributed by atoms with E-state index in [2.05, 4.69) is 31.7 Å². The van der Waals surface area contributed by atoms with E-state index in [9.17, 15) is 0 Å². The molecule has 2 aromatic rings. The summed E-state index contributed by atoms with van der Waals surface area (Å²) in [5.74, 6) is 0. The van der Waals surface area contributed by atoms with Gasteiger partial charge in [-0.3, -0.25) is 0 Å². The molecule has 0 radical (unpaired) electrons. The first-order valence-electron chi connectivity index (χ1n) is 5.16. The molecule has 0 aliphatic carbocycles. The van der Waals surface area contributed by atoms with Crippen molar-refractivity contribution < 1.29 is 4.42 Å². The predicted molar refractivity (Wildman–Crippen MR) is 64.9 cm³/mol. The molecule has 76 valence electrons. The molecule has 2 rings (SSSR count). The second-order valence-electron chi connectivity index (χ2n) is 3.44. The molecule has 0 atom stereocenters. The summed E-state index contributed by atoms with van der Waals surface area (Å²) in [5.41, 5.74) is 1.63. The summed E-state index contributed by atoms with van der Waals surface area (Å²) in [4.78, 5) is 0. The van der Waals surface area contributed by atoms with Gasteiger partial charge in [-0.15, -0.1) is 0 Å². The third-order valence-electron chi connectivity index (χ3n) is 2.35. The highest BCUT2D eigenvalue weighted by Gasteiger charge is 1.98. The Morgan fingerprint density at radius 3 is 2.93 bits per heavy atom. The molecule has 1 aromatic carbocycles. The number of para-hydroxylation sites is 1. The van der Waals surface area contributed by atoms with Crippen molar-refractivity contribution in [3.63, 3.8) is 0 Å². The van der Waals surface area contributed by atoms with Gasteiger partial charge in [-0.05, 0) is 12.5 Å². The fourth-order valence-corrected chi connectivity index (χ4v) is 1.60. The summed E-state index contributed by atoms with van der Waals surface area (Å²) in [5, 5.41) is 2.21. The van der Waals surface area contributed by atoms with E-state index in [4.69, 9.17) is 4.42 Å². The molecule has 0 N–H and O–H groups in total. The van der Waals surface area contributed by atoms with Crippen molar-refractivity contribution in [1.82, 2.24) is 0 Å².